The van der Waals surface area contributed by atoms with Gasteiger partial charge in [-0.2, -0.15) is 13.2 Å². The highest BCUT2D eigenvalue weighted by molar-refractivity contribution is 6.35. The van der Waals surface area contributed by atoms with Crippen molar-refractivity contribution in [1.82, 2.24) is 4.57 Å². The Bertz CT molecular complexity index is 247. The van der Waals surface area contributed by atoms with E-state index in [0.717, 1.165) is 5.84 Å². The van der Waals surface area contributed by atoms with Crippen molar-refractivity contribution >= 4 is 15.7 Å². The Balaban J connectivity index is 2.67. The quantitative estimate of drug-likeness (QED) is 0.659. The number of hydrogen-bond donors (Lipinski definition) is 0. The van der Waals surface area contributed by atoms with Crippen LogP contribution < -0.4 is 0 Å². The van der Waals surface area contributed by atoms with E-state index in [2.05, 4.69) is 0 Å². The first-order valence-corrected chi connectivity index (χ1v) is 5.50. The molecule has 0 fully saturated rings. The van der Waals surface area contributed by atoms with E-state index < -0.39 is 12.7 Å². The molecule has 0 N–H and O–H groups in total. The lowest BCUT2D eigenvalue weighted by Crippen LogP contribution is -2.60. The van der Waals surface area contributed by atoms with E-state index in [1.807, 2.05) is 25.3 Å². The Morgan fingerprint density at radius 2 is 2.00 bits per heavy atom. The van der Waals surface area contributed by atoms with Crippen molar-refractivity contribution < 1.29 is 17.4 Å². The van der Waals surface area contributed by atoms with Crippen LogP contribution in [0.15, 0.2) is 0 Å². The molecule has 2 nitrogen and oxygen atoms in total. The van der Waals surface area contributed by atoms with Crippen molar-refractivity contribution in [3.05, 3.63) is 0 Å². The minimum atomic E-state index is -4.09. The average Bonchev–Trinajstić information content (AvgIpc) is 1.95. The van der Waals surface area contributed by atoms with Crippen LogP contribution in [0.1, 0.15) is 27.2 Å². The van der Waals surface area contributed by atoms with Gasteiger partial charge in [0.25, 0.3) is 0 Å². The van der Waals surface area contributed by atoms with Crippen LogP contribution in [-0.4, -0.2) is 43.2 Å². The summed E-state index contributed by atoms with van der Waals surface area (Å²) in [5, 5.41) is 0. The third-order valence-corrected chi connectivity index (χ3v) is 3.64. The van der Waals surface area contributed by atoms with Crippen LogP contribution >= 0.6 is 0 Å². The van der Waals surface area contributed by atoms with E-state index in [9.17, 15) is 13.2 Å². The van der Waals surface area contributed by atoms with E-state index in [1.165, 1.54) is 4.24 Å². The first-order valence-electron chi connectivity index (χ1n) is 4.60. The van der Waals surface area contributed by atoms with Crippen molar-refractivity contribution in [3.63, 3.8) is 0 Å². The first kappa shape index (κ1) is 11.6. The summed E-state index contributed by atoms with van der Waals surface area (Å²) in [5.41, 5.74) is 0. The molecule has 14 heavy (non-hydrogen) atoms. The fourth-order valence-corrected chi connectivity index (χ4v) is 2.79. The second kappa shape index (κ2) is 3.92. The van der Waals surface area contributed by atoms with Gasteiger partial charge in [0.1, 0.15) is 0 Å². The number of nitrogens with zero attached hydrogens (tertiary/aromatic N) is 2. The lowest BCUT2D eigenvalue weighted by Gasteiger charge is -2.31. The average molecular weight is 223 g/mol. The molecule has 2 radical (unpaired) electrons. The van der Waals surface area contributed by atoms with Crippen molar-refractivity contribution in [1.29, 1.82) is 0 Å². The van der Waals surface area contributed by atoms with Crippen molar-refractivity contribution in [3.8, 4) is 0 Å². The molecule has 0 aromatic carbocycles. The van der Waals surface area contributed by atoms with Gasteiger partial charge in [0.2, 0.25) is 5.84 Å². The Morgan fingerprint density at radius 1 is 1.43 bits per heavy atom. The summed E-state index contributed by atoms with van der Waals surface area (Å²) < 4.78 is 39.7. The molecule has 0 atom stereocenters. The van der Waals surface area contributed by atoms with E-state index >= 15 is 0 Å². The summed E-state index contributed by atoms with van der Waals surface area (Å²) in [6, 6.07) is 0.299. The molecule has 0 aromatic heterocycles. The summed E-state index contributed by atoms with van der Waals surface area (Å²) in [6.45, 7) is 5.07. The van der Waals surface area contributed by atoms with Gasteiger partial charge in [-0.3, -0.25) is 8.81 Å². The van der Waals surface area contributed by atoms with Gasteiger partial charge >= 0.3 is 16.0 Å². The Morgan fingerprint density at radius 3 is 2.36 bits per heavy atom. The van der Waals surface area contributed by atoms with Gasteiger partial charge in [0, 0.05) is 6.42 Å². The van der Waals surface area contributed by atoms with Crippen LogP contribution in [0.2, 0.25) is 0 Å². The molecule has 80 valence electrons. The van der Waals surface area contributed by atoms with Gasteiger partial charge in [-0.15, -0.1) is 0 Å². The minimum absolute atomic E-state index is 0.154. The Kier molecular flexibility index (Phi) is 3.23. The normalized spacial score (nSPS) is 17.8. The summed E-state index contributed by atoms with van der Waals surface area (Å²) >= 11 is 0. The van der Waals surface area contributed by atoms with Crippen molar-refractivity contribution in [2.45, 2.75) is 39.4 Å². The first-order chi connectivity index (χ1) is 6.35. The molecule has 6 heteroatoms. The van der Waals surface area contributed by atoms with Gasteiger partial charge in [0.05, 0.1) is 6.04 Å². The monoisotopic (exact) mass is 223 g/mol. The van der Waals surface area contributed by atoms with Gasteiger partial charge in [-0.25, -0.2) is 0 Å². The summed E-state index contributed by atoms with van der Waals surface area (Å²) in [6.07, 6.45) is -3.42. The van der Waals surface area contributed by atoms with Crippen LogP contribution in [0.25, 0.3) is 0 Å². The largest absolute Gasteiger partial charge is 0.644 e. The second-order valence-electron chi connectivity index (χ2n) is 3.53. The number of rotatable bonds is 3. The Labute approximate surface area is 84.4 Å². The molecule has 0 saturated heterocycles. The molecular weight excluding hydrogens is 209 g/mol. The molecule has 0 aliphatic carbocycles. The maximum Gasteiger partial charge on any atom is 0.644 e. The van der Waals surface area contributed by atoms with Crippen LogP contribution in [0.5, 0.6) is 0 Å². The van der Waals surface area contributed by atoms with Gasteiger partial charge in [0.15, 0.2) is 6.54 Å². The third-order valence-electron chi connectivity index (χ3n) is 1.99. The predicted octanol–water partition coefficient (Wildman–Crippen LogP) is 1.63. The van der Waals surface area contributed by atoms with E-state index in [1.54, 1.807) is 0 Å². The van der Waals surface area contributed by atoms with Crippen LogP contribution in [0.4, 0.5) is 13.2 Å². The fourth-order valence-electron chi connectivity index (χ4n) is 1.41. The zero-order valence-corrected chi connectivity index (χ0v) is 9.52. The Hall–Kier alpha value is -0.523. The van der Waals surface area contributed by atoms with Crippen LogP contribution in [0, 0.1) is 0 Å². The molecule has 0 bridgehead atoms. The highest BCUT2D eigenvalue weighted by Gasteiger charge is 2.46. The predicted molar refractivity (Wildman–Crippen MR) is 49.2 cm³/mol. The minimum Gasteiger partial charge on any atom is -0.271 e. The van der Waals surface area contributed by atoms with Crippen molar-refractivity contribution in [2.24, 2.45) is 0 Å². The molecule has 0 saturated carbocycles. The molecule has 0 spiro atoms. The number of halogens is 3. The topological polar surface area (TPSA) is 6.25 Å². The third kappa shape index (κ3) is 2.49. The zero-order valence-electron chi connectivity index (χ0n) is 8.52. The molecular formula is C8H14F3N2Si+. The number of hydrogen-bond acceptors (Lipinski definition) is 1. The zero-order chi connectivity index (χ0) is 10.9. The SMILES string of the molecule is CCC1=[N+](CC(F)(F)F)[Si]N1C(C)C. The van der Waals surface area contributed by atoms with E-state index in [0.29, 0.717) is 12.5 Å². The van der Waals surface area contributed by atoms with Gasteiger partial charge in [-0.05, 0) is 13.8 Å². The highest BCUT2D eigenvalue weighted by Crippen LogP contribution is 2.19. The summed E-state index contributed by atoms with van der Waals surface area (Å²) in [5.74, 6) is 0.815. The number of amidine groups is 1. The summed E-state index contributed by atoms with van der Waals surface area (Å²) in [7, 11) is 0.154. The van der Waals surface area contributed by atoms with Gasteiger partial charge in [-0.1, -0.05) is 6.92 Å². The van der Waals surface area contributed by atoms with Crippen molar-refractivity contribution in [2.75, 3.05) is 6.54 Å². The molecule has 1 rings (SSSR count). The van der Waals surface area contributed by atoms with Gasteiger partial charge < -0.3 is 0 Å². The lowest BCUT2D eigenvalue weighted by molar-refractivity contribution is -0.465. The van der Waals surface area contributed by atoms with E-state index in [-0.39, 0.29) is 9.84 Å². The maximum absolute atomic E-state index is 12.1. The smallest absolute Gasteiger partial charge is 0.271 e. The molecule has 1 heterocycles. The van der Waals surface area contributed by atoms with E-state index in [4.69, 9.17) is 0 Å². The molecule has 0 unspecified atom stereocenters. The second-order valence-corrected chi connectivity index (χ2v) is 4.76. The lowest BCUT2D eigenvalue weighted by atomic mass is 10.3. The highest BCUT2D eigenvalue weighted by atomic mass is 28.2. The molecule has 0 aromatic rings. The summed E-state index contributed by atoms with van der Waals surface area (Å²) in [4.78, 5) is 0. The molecule has 1 aliphatic rings. The van der Waals surface area contributed by atoms with Crippen LogP contribution in [-0.2, 0) is 0 Å². The van der Waals surface area contributed by atoms with Crippen LogP contribution in [0.3, 0.4) is 0 Å². The standard InChI is InChI=1S/C8H14F3N2Si/c1-4-7-12(5-8(9,10)11)14-13(7)6(2)3/h6H,4-5H2,1-3H3/q+1. The maximum atomic E-state index is 12.1. The number of alkyl halides is 3. The molecule has 1 aliphatic heterocycles. The fraction of sp³-hybridized carbons (Fsp3) is 0.875. The molecule has 0 amide bonds.